The molecule has 170 valence electrons. The number of thioether (sulfide) groups is 1. The van der Waals surface area contributed by atoms with Gasteiger partial charge in [0, 0.05) is 16.7 Å². The minimum atomic E-state index is -0.194. The van der Waals surface area contributed by atoms with Crippen LogP contribution in [-0.2, 0) is 28.9 Å². The maximum atomic E-state index is 13.9. The number of rotatable bonds is 6. The van der Waals surface area contributed by atoms with E-state index < -0.39 is 0 Å². The van der Waals surface area contributed by atoms with Gasteiger partial charge in [0.1, 0.15) is 6.29 Å². The Morgan fingerprint density at radius 2 is 1.85 bits per heavy atom. The Hall–Kier alpha value is -2.90. The molecule has 1 heterocycles. The average Bonchev–Trinajstić information content (AvgIpc) is 2.85. The van der Waals surface area contributed by atoms with E-state index in [0.29, 0.717) is 16.7 Å². The highest BCUT2D eigenvalue weighted by atomic mass is 32.2. The summed E-state index contributed by atoms with van der Waals surface area (Å²) in [5.74, 6) is 0.936. The zero-order chi connectivity index (χ0) is 22.8. The van der Waals surface area contributed by atoms with Crippen molar-refractivity contribution in [3.63, 3.8) is 0 Å². The predicted molar refractivity (Wildman–Crippen MR) is 128 cm³/mol. The molecule has 1 N–H and O–H groups in total. The van der Waals surface area contributed by atoms with Crippen LogP contribution in [0.4, 0.5) is 0 Å². The molecule has 0 radical (unpaired) electrons. The van der Waals surface area contributed by atoms with E-state index in [0.717, 1.165) is 60.8 Å². The number of hydrogen-bond acceptors (Lipinski definition) is 6. The lowest BCUT2D eigenvalue weighted by Crippen LogP contribution is -2.43. The van der Waals surface area contributed by atoms with Crippen molar-refractivity contribution in [1.82, 2.24) is 9.55 Å². The predicted octanol–water partition coefficient (Wildman–Crippen LogP) is 5.01. The smallest absolute Gasteiger partial charge is 0.258 e. The van der Waals surface area contributed by atoms with Crippen LogP contribution in [0.2, 0.25) is 0 Å². The highest BCUT2D eigenvalue weighted by molar-refractivity contribution is 7.98. The quantitative estimate of drug-likeness (QED) is 0.182. The number of benzene rings is 2. The first-order chi connectivity index (χ1) is 16.1. The van der Waals surface area contributed by atoms with Crippen LogP contribution in [-0.4, -0.2) is 21.1 Å². The molecule has 0 atom stereocenters. The number of carbonyl (C=O) groups is 1. The van der Waals surface area contributed by atoms with Gasteiger partial charge in [-0.05, 0) is 42.5 Å². The van der Waals surface area contributed by atoms with E-state index >= 15 is 0 Å². The molecule has 2 aliphatic carbocycles. The molecular formula is C26H26N2O4S. The van der Waals surface area contributed by atoms with E-state index in [1.807, 2.05) is 18.2 Å². The second-order valence-electron chi connectivity index (χ2n) is 8.90. The molecule has 7 heteroatoms. The average molecular weight is 463 g/mol. The van der Waals surface area contributed by atoms with Gasteiger partial charge in [0.15, 0.2) is 10.9 Å². The lowest BCUT2D eigenvalue weighted by molar-refractivity contribution is -0.137. The fourth-order valence-corrected chi connectivity index (χ4v) is 6.32. The van der Waals surface area contributed by atoms with Crippen molar-refractivity contribution in [2.24, 2.45) is 0 Å². The molecule has 0 amide bonds. The van der Waals surface area contributed by atoms with Gasteiger partial charge < -0.3 is 9.68 Å². The molecule has 6 nitrogen and oxygen atoms in total. The third-order valence-corrected chi connectivity index (χ3v) is 7.98. The summed E-state index contributed by atoms with van der Waals surface area (Å²) in [4.78, 5) is 34.7. The van der Waals surface area contributed by atoms with Crippen LogP contribution >= 0.6 is 11.8 Å². The fourth-order valence-electron chi connectivity index (χ4n) is 5.36. The lowest BCUT2D eigenvalue weighted by Gasteiger charge is -2.42. The molecule has 1 fully saturated rings. The Morgan fingerprint density at radius 3 is 2.58 bits per heavy atom. The normalized spacial score (nSPS) is 16.2. The van der Waals surface area contributed by atoms with Gasteiger partial charge in [-0.1, -0.05) is 67.4 Å². The van der Waals surface area contributed by atoms with Crippen LogP contribution in [0.25, 0.3) is 11.3 Å². The molecular weight excluding hydrogens is 436 g/mol. The molecule has 1 spiro atoms. The van der Waals surface area contributed by atoms with Crippen LogP contribution < -0.4 is 10.4 Å². The molecule has 2 aromatic carbocycles. The molecule has 5 rings (SSSR count). The second-order valence-corrected chi connectivity index (χ2v) is 9.84. The summed E-state index contributed by atoms with van der Waals surface area (Å²) in [7, 11) is 0. The molecule has 3 aromatic rings. The van der Waals surface area contributed by atoms with Crippen molar-refractivity contribution >= 4 is 18.0 Å². The van der Waals surface area contributed by atoms with Crippen LogP contribution in [0, 0.1) is 0 Å². The standard InChI is InChI=1S/C26H26N2O4S/c29-15-14-28-24(30)22-23(27-25(28)33-17-18-8-10-20(32-31)11-9-18)21-7-3-2-6-19(21)16-26(22)12-4-1-5-13-26/h2-3,6-11,15,31H,1,4-5,12-14,16-17H2. The molecule has 1 aromatic heterocycles. The maximum Gasteiger partial charge on any atom is 0.258 e. The third kappa shape index (κ3) is 4.00. The van der Waals surface area contributed by atoms with Gasteiger partial charge in [0.25, 0.3) is 5.56 Å². The molecule has 33 heavy (non-hydrogen) atoms. The maximum absolute atomic E-state index is 13.9. The fraction of sp³-hybridized carbons (Fsp3) is 0.346. The minimum absolute atomic E-state index is 0.00351. The Bertz CT molecular complexity index is 1230. The minimum Gasteiger partial charge on any atom is -0.340 e. The van der Waals surface area contributed by atoms with Gasteiger partial charge in [-0.15, -0.1) is 0 Å². The zero-order valence-corrected chi connectivity index (χ0v) is 19.1. The first-order valence-corrected chi connectivity index (χ1v) is 12.3. The van der Waals surface area contributed by atoms with Crippen molar-refractivity contribution in [3.05, 3.63) is 75.6 Å². The first kappa shape index (κ1) is 21.9. The second kappa shape index (κ2) is 9.15. The van der Waals surface area contributed by atoms with Crippen LogP contribution in [0.1, 0.15) is 48.8 Å². The van der Waals surface area contributed by atoms with Crippen LogP contribution in [0.5, 0.6) is 5.75 Å². The molecule has 2 aliphatic rings. The Kier molecular flexibility index (Phi) is 6.08. The van der Waals surface area contributed by atoms with E-state index in [4.69, 9.17) is 10.2 Å². The van der Waals surface area contributed by atoms with Crippen molar-refractivity contribution in [2.45, 2.75) is 61.4 Å². The Labute approximate surface area is 196 Å². The monoisotopic (exact) mass is 462 g/mol. The summed E-state index contributed by atoms with van der Waals surface area (Å²) in [6.07, 6.45) is 7.02. The van der Waals surface area contributed by atoms with Crippen molar-refractivity contribution in [3.8, 4) is 17.0 Å². The number of fused-ring (bicyclic) bond motifs is 4. The van der Waals surface area contributed by atoms with E-state index in [2.05, 4.69) is 23.1 Å². The Morgan fingerprint density at radius 1 is 1.09 bits per heavy atom. The number of carbonyl (C=O) groups excluding carboxylic acids is 1. The summed E-state index contributed by atoms with van der Waals surface area (Å²) < 4.78 is 1.55. The first-order valence-electron chi connectivity index (χ1n) is 11.4. The van der Waals surface area contributed by atoms with E-state index in [9.17, 15) is 9.59 Å². The van der Waals surface area contributed by atoms with Crippen LogP contribution in [0.3, 0.4) is 0 Å². The van der Waals surface area contributed by atoms with Gasteiger partial charge >= 0.3 is 0 Å². The summed E-state index contributed by atoms with van der Waals surface area (Å²) in [6.45, 7) is -0.00351. The van der Waals surface area contributed by atoms with E-state index in [1.165, 1.54) is 23.7 Å². The summed E-state index contributed by atoms with van der Waals surface area (Å²) >= 11 is 1.44. The summed E-state index contributed by atoms with van der Waals surface area (Å²) in [5.41, 5.74) is 4.60. The highest BCUT2D eigenvalue weighted by Gasteiger charge is 2.43. The van der Waals surface area contributed by atoms with Gasteiger partial charge in [-0.25, -0.2) is 10.2 Å². The highest BCUT2D eigenvalue weighted by Crippen LogP contribution is 2.48. The number of nitrogens with zero attached hydrogens (tertiary/aromatic N) is 2. The third-order valence-electron chi connectivity index (χ3n) is 6.93. The van der Waals surface area contributed by atoms with Gasteiger partial charge in [0.2, 0.25) is 0 Å². The van der Waals surface area contributed by atoms with Crippen LogP contribution in [0.15, 0.2) is 58.5 Å². The number of aldehydes is 1. The lowest BCUT2D eigenvalue weighted by atomic mass is 9.62. The molecule has 0 saturated heterocycles. The van der Waals surface area contributed by atoms with Crippen molar-refractivity contribution in [2.75, 3.05) is 0 Å². The van der Waals surface area contributed by atoms with Gasteiger partial charge in [-0.3, -0.25) is 9.36 Å². The molecule has 0 aliphatic heterocycles. The largest absolute Gasteiger partial charge is 0.340 e. The van der Waals surface area contributed by atoms with Crippen molar-refractivity contribution in [1.29, 1.82) is 0 Å². The molecule has 0 bridgehead atoms. The van der Waals surface area contributed by atoms with E-state index in [1.54, 1.807) is 16.7 Å². The summed E-state index contributed by atoms with van der Waals surface area (Å²) in [6, 6.07) is 15.3. The Balaban J connectivity index is 1.62. The number of aromatic nitrogens is 2. The molecule has 0 unspecified atom stereocenters. The zero-order valence-electron chi connectivity index (χ0n) is 18.3. The van der Waals surface area contributed by atoms with Gasteiger partial charge in [0.05, 0.1) is 17.8 Å². The van der Waals surface area contributed by atoms with Gasteiger partial charge in [-0.2, -0.15) is 0 Å². The van der Waals surface area contributed by atoms with Crippen molar-refractivity contribution < 1.29 is 14.9 Å². The topological polar surface area (TPSA) is 81.4 Å². The SMILES string of the molecule is O=CCn1c(SCc2ccc(OO)cc2)nc2c(c1=O)C1(CCCCC1)Cc1ccccc1-2. The summed E-state index contributed by atoms with van der Waals surface area (Å²) in [5, 5.41) is 9.33. The van der Waals surface area contributed by atoms with E-state index in [-0.39, 0.29) is 17.5 Å². The number of hydrogen-bond donors (Lipinski definition) is 1. The molecule has 1 saturated carbocycles.